The van der Waals surface area contributed by atoms with Gasteiger partial charge >= 0.3 is 6.09 Å². The van der Waals surface area contributed by atoms with Crippen LogP contribution in [0, 0.1) is 0 Å². The van der Waals surface area contributed by atoms with Crippen LogP contribution in [0.25, 0.3) is 0 Å². The van der Waals surface area contributed by atoms with E-state index in [0.717, 1.165) is 0 Å². The van der Waals surface area contributed by atoms with E-state index in [1.54, 1.807) is 20.8 Å². The average Bonchev–Trinajstić information content (AvgIpc) is 2.44. The first-order valence-electron chi connectivity index (χ1n) is 5.17. The van der Waals surface area contributed by atoms with Crippen molar-refractivity contribution in [2.24, 2.45) is 5.73 Å². The quantitative estimate of drug-likeness (QED) is 0.654. The fourth-order valence-corrected chi connectivity index (χ4v) is 1.61. The molecule has 16 heavy (non-hydrogen) atoms. The van der Waals surface area contributed by atoms with Crippen LogP contribution in [-0.2, 0) is 9.53 Å². The van der Waals surface area contributed by atoms with Gasteiger partial charge in [-0.25, -0.2) is 4.79 Å². The van der Waals surface area contributed by atoms with Crippen molar-refractivity contribution < 1.29 is 19.4 Å². The maximum Gasteiger partial charge on any atom is 0.411 e. The number of ether oxygens (including phenoxy) is 1. The molecule has 1 saturated heterocycles. The van der Waals surface area contributed by atoms with E-state index in [1.165, 1.54) is 4.90 Å². The van der Waals surface area contributed by atoms with Crippen molar-refractivity contribution in [3.05, 3.63) is 0 Å². The molecular formula is C10H18N2O4. The first-order chi connectivity index (χ1) is 7.20. The highest BCUT2D eigenvalue weighted by Crippen LogP contribution is 2.20. The standard InChI is InChI=1S/C10H18N2O4/c1-10(2,3)16-9(15)12-5-6(13)4-7(12)8(11)14/h6-7,13H,4-5H2,1-3H3,(H2,11,14). The van der Waals surface area contributed by atoms with Crippen molar-refractivity contribution in [2.45, 2.75) is 44.9 Å². The number of aliphatic hydroxyl groups excluding tert-OH is 1. The molecule has 1 fully saturated rings. The number of nitrogens with two attached hydrogens (primary N) is 1. The smallest absolute Gasteiger partial charge is 0.411 e. The molecule has 0 saturated carbocycles. The minimum Gasteiger partial charge on any atom is -0.444 e. The van der Waals surface area contributed by atoms with Gasteiger partial charge in [0.25, 0.3) is 0 Å². The van der Waals surface area contributed by atoms with Gasteiger partial charge in [-0.1, -0.05) is 0 Å². The lowest BCUT2D eigenvalue weighted by Gasteiger charge is -2.26. The second-order valence-corrected chi connectivity index (χ2v) is 4.94. The third-order valence-corrected chi connectivity index (χ3v) is 2.24. The van der Waals surface area contributed by atoms with Gasteiger partial charge in [-0.3, -0.25) is 9.69 Å². The summed E-state index contributed by atoms with van der Waals surface area (Å²) in [5, 5.41) is 9.41. The lowest BCUT2D eigenvalue weighted by Crippen LogP contribution is -2.45. The second kappa shape index (κ2) is 4.29. The average molecular weight is 230 g/mol. The normalized spacial score (nSPS) is 25.6. The number of hydrogen-bond donors (Lipinski definition) is 2. The van der Waals surface area contributed by atoms with Gasteiger partial charge in [0.15, 0.2) is 0 Å². The van der Waals surface area contributed by atoms with Gasteiger partial charge in [0, 0.05) is 6.42 Å². The van der Waals surface area contributed by atoms with Crippen LogP contribution in [-0.4, -0.2) is 46.3 Å². The highest BCUT2D eigenvalue weighted by molar-refractivity contribution is 5.85. The predicted octanol–water partition coefficient (Wildman–Crippen LogP) is -0.158. The van der Waals surface area contributed by atoms with Gasteiger partial charge in [-0.05, 0) is 20.8 Å². The molecule has 6 heteroatoms. The fraction of sp³-hybridized carbons (Fsp3) is 0.800. The van der Waals surface area contributed by atoms with Gasteiger partial charge < -0.3 is 15.6 Å². The van der Waals surface area contributed by atoms with Crippen LogP contribution in [0.4, 0.5) is 4.79 Å². The Bertz CT molecular complexity index is 298. The number of primary amides is 1. The highest BCUT2D eigenvalue weighted by Gasteiger charge is 2.39. The van der Waals surface area contributed by atoms with Gasteiger partial charge in [-0.2, -0.15) is 0 Å². The van der Waals surface area contributed by atoms with Gasteiger partial charge in [0.1, 0.15) is 11.6 Å². The van der Waals surface area contributed by atoms with E-state index < -0.39 is 29.7 Å². The maximum absolute atomic E-state index is 11.7. The zero-order valence-corrected chi connectivity index (χ0v) is 9.77. The Kier molecular flexibility index (Phi) is 3.42. The molecule has 0 aromatic heterocycles. The van der Waals surface area contributed by atoms with Crippen molar-refractivity contribution in [3.63, 3.8) is 0 Å². The number of rotatable bonds is 1. The van der Waals surface area contributed by atoms with Crippen molar-refractivity contribution in [1.82, 2.24) is 4.90 Å². The molecule has 2 amide bonds. The maximum atomic E-state index is 11.7. The number of β-amino-alcohol motifs (C(OH)–C–C–N with tert-alkyl or cyclic N) is 1. The molecule has 3 N–H and O–H groups in total. The van der Waals surface area contributed by atoms with Crippen molar-refractivity contribution in [2.75, 3.05) is 6.54 Å². The van der Waals surface area contributed by atoms with Gasteiger partial charge in [-0.15, -0.1) is 0 Å². The van der Waals surface area contributed by atoms with Crippen LogP contribution in [0.1, 0.15) is 27.2 Å². The van der Waals surface area contributed by atoms with Crippen LogP contribution in [0.2, 0.25) is 0 Å². The van der Waals surface area contributed by atoms with Crippen molar-refractivity contribution in [3.8, 4) is 0 Å². The summed E-state index contributed by atoms with van der Waals surface area (Å²) < 4.78 is 5.12. The fourth-order valence-electron chi connectivity index (χ4n) is 1.61. The SMILES string of the molecule is CC(C)(C)OC(=O)N1CC(O)CC1C(N)=O. The third kappa shape index (κ3) is 3.10. The highest BCUT2D eigenvalue weighted by atomic mass is 16.6. The van der Waals surface area contributed by atoms with Crippen LogP contribution < -0.4 is 5.73 Å². The van der Waals surface area contributed by atoms with Crippen LogP contribution >= 0.6 is 0 Å². The molecular weight excluding hydrogens is 212 g/mol. The molecule has 2 unspecified atom stereocenters. The monoisotopic (exact) mass is 230 g/mol. The molecule has 1 aliphatic heterocycles. The summed E-state index contributed by atoms with van der Waals surface area (Å²) in [4.78, 5) is 24.0. The molecule has 1 aliphatic rings. The number of likely N-dealkylation sites (tertiary alicyclic amines) is 1. The Morgan fingerprint density at radius 3 is 2.44 bits per heavy atom. The van der Waals surface area contributed by atoms with Gasteiger partial charge in [0.05, 0.1) is 12.6 Å². The van der Waals surface area contributed by atoms with E-state index in [-0.39, 0.29) is 13.0 Å². The first-order valence-corrected chi connectivity index (χ1v) is 5.17. The number of nitrogens with zero attached hydrogens (tertiary/aromatic N) is 1. The predicted molar refractivity (Wildman–Crippen MR) is 56.5 cm³/mol. The Labute approximate surface area is 94.3 Å². The van der Waals surface area contributed by atoms with Crippen molar-refractivity contribution >= 4 is 12.0 Å². The van der Waals surface area contributed by atoms with Crippen LogP contribution in [0.3, 0.4) is 0 Å². The summed E-state index contributed by atoms with van der Waals surface area (Å²) in [6, 6.07) is -0.773. The van der Waals surface area contributed by atoms with E-state index in [0.29, 0.717) is 0 Å². The summed E-state index contributed by atoms with van der Waals surface area (Å²) in [7, 11) is 0. The van der Waals surface area contributed by atoms with E-state index >= 15 is 0 Å². The van der Waals surface area contributed by atoms with Crippen LogP contribution in [0.15, 0.2) is 0 Å². The van der Waals surface area contributed by atoms with E-state index in [1.807, 2.05) is 0 Å². The molecule has 1 rings (SSSR count). The Morgan fingerprint density at radius 1 is 1.44 bits per heavy atom. The summed E-state index contributed by atoms with van der Waals surface area (Å²) in [5.74, 6) is -0.623. The molecule has 0 aromatic carbocycles. The van der Waals surface area contributed by atoms with Crippen molar-refractivity contribution in [1.29, 1.82) is 0 Å². The van der Waals surface area contributed by atoms with E-state index in [4.69, 9.17) is 10.5 Å². The first kappa shape index (κ1) is 12.8. The molecule has 92 valence electrons. The lowest BCUT2D eigenvalue weighted by molar-refractivity contribution is -0.122. The lowest BCUT2D eigenvalue weighted by atomic mass is 10.2. The minimum atomic E-state index is -0.773. The largest absolute Gasteiger partial charge is 0.444 e. The molecule has 0 bridgehead atoms. The van der Waals surface area contributed by atoms with E-state index in [9.17, 15) is 14.7 Å². The van der Waals surface area contributed by atoms with E-state index in [2.05, 4.69) is 0 Å². The number of aliphatic hydroxyl groups is 1. The number of hydrogen-bond acceptors (Lipinski definition) is 4. The Hall–Kier alpha value is -1.30. The number of amides is 2. The molecule has 0 aliphatic carbocycles. The number of carbonyl (C=O) groups excluding carboxylic acids is 2. The third-order valence-electron chi connectivity index (χ3n) is 2.24. The summed E-state index contributed by atoms with van der Waals surface area (Å²) in [6.07, 6.45) is -1.16. The Balaban J connectivity index is 2.71. The zero-order valence-electron chi connectivity index (χ0n) is 9.77. The molecule has 0 aromatic rings. The topological polar surface area (TPSA) is 92.9 Å². The summed E-state index contributed by atoms with van der Waals surface area (Å²) >= 11 is 0. The molecule has 1 heterocycles. The second-order valence-electron chi connectivity index (χ2n) is 4.94. The molecule has 0 radical (unpaired) electrons. The molecule has 0 spiro atoms. The molecule has 2 atom stereocenters. The minimum absolute atomic E-state index is 0.0858. The summed E-state index contributed by atoms with van der Waals surface area (Å²) in [5.41, 5.74) is 4.52. The molecule has 6 nitrogen and oxygen atoms in total. The zero-order chi connectivity index (χ0) is 12.5. The van der Waals surface area contributed by atoms with Crippen LogP contribution in [0.5, 0.6) is 0 Å². The van der Waals surface area contributed by atoms with Gasteiger partial charge in [0.2, 0.25) is 5.91 Å². The Morgan fingerprint density at radius 2 is 2.00 bits per heavy atom. The summed E-state index contributed by atoms with van der Waals surface area (Å²) in [6.45, 7) is 5.28. The number of carbonyl (C=O) groups is 2.